The van der Waals surface area contributed by atoms with E-state index in [0.717, 1.165) is 24.2 Å². The fourth-order valence-corrected chi connectivity index (χ4v) is 1.80. The van der Waals surface area contributed by atoms with Gasteiger partial charge >= 0.3 is 0 Å². The average molecular weight is 234 g/mol. The van der Waals surface area contributed by atoms with Gasteiger partial charge in [0.05, 0.1) is 12.2 Å². The van der Waals surface area contributed by atoms with Crippen molar-refractivity contribution in [2.75, 3.05) is 0 Å². The van der Waals surface area contributed by atoms with Gasteiger partial charge in [0.25, 0.3) is 0 Å². The second-order valence-electron chi connectivity index (χ2n) is 5.37. The summed E-state index contributed by atoms with van der Waals surface area (Å²) in [5.74, 6) is 1.56. The normalized spacial score (nSPS) is 17.2. The van der Waals surface area contributed by atoms with Crippen LogP contribution in [0.25, 0.3) is 0 Å². The lowest BCUT2D eigenvalue weighted by Crippen LogP contribution is -2.00. The number of benzene rings is 1. The number of aliphatic hydroxyl groups excluding tert-OH is 1. The number of ether oxygens (including phenoxy) is 1. The monoisotopic (exact) mass is 234 g/mol. The molecule has 1 aliphatic carbocycles. The molecule has 0 radical (unpaired) electrons. The summed E-state index contributed by atoms with van der Waals surface area (Å²) in [6, 6.07) is 7.88. The van der Waals surface area contributed by atoms with Gasteiger partial charge < -0.3 is 9.84 Å². The van der Waals surface area contributed by atoms with Gasteiger partial charge in [-0.05, 0) is 49.3 Å². The van der Waals surface area contributed by atoms with Crippen molar-refractivity contribution in [1.29, 1.82) is 0 Å². The fourth-order valence-electron chi connectivity index (χ4n) is 1.80. The first kappa shape index (κ1) is 12.4. The lowest BCUT2D eigenvalue weighted by atomic mass is 10.00. The summed E-state index contributed by atoms with van der Waals surface area (Å²) in [4.78, 5) is 0. The standard InChI is InChI=1S/C15H22O2/c1-11(2)3-10-15(16)12-4-6-13(7-5-12)17-14-8-9-14/h4-7,11,14-16H,3,8-10H2,1-2H3. The lowest BCUT2D eigenvalue weighted by Gasteiger charge is -2.13. The first-order chi connectivity index (χ1) is 8.15. The molecular weight excluding hydrogens is 212 g/mol. The van der Waals surface area contributed by atoms with E-state index in [9.17, 15) is 5.11 Å². The Bertz CT molecular complexity index is 338. The molecule has 2 heteroatoms. The summed E-state index contributed by atoms with van der Waals surface area (Å²) in [7, 11) is 0. The lowest BCUT2D eigenvalue weighted by molar-refractivity contribution is 0.159. The van der Waals surface area contributed by atoms with Crippen molar-refractivity contribution >= 4 is 0 Å². The van der Waals surface area contributed by atoms with Gasteiger partial charge in [0.1, 0.15) is 5.75 Å². The molecule has 0 saturated heterocycles. The Hall–Kier alpha value is -1.02. The number of hydrogen-bond donors (Lipinski definition) is 1. The van der Waals surface area contributed by atoms with Crippen molar-refractivity contribution in [2.45, 2.75) is 51.7 Å². The van der Waals surface area contributed by atoms with Crippen LogP contribution in [0.3, 0.4) is 0 Å². The Morgan fingerprint density at radius 3 is 2.35 bits per heavy atom. The molecule has 1 unspecified atom stereocenters. The van der Waals surface area contributed by atoms with E-state index >= 15 is 0 Å². The molecule has 2 nitrogen and oxygen atoms in total. The highest BCUT2D eigenvalue weighted by atomic mass is 16.5. The SMILES string of the molecule is CC(C)CCC(O)c1ccc(OC2CC2)cc1. The molecule has 0 amide bonds. The highest BCUT2D eigenvalue weighted by Crippen LogP contribution is 2.28. The summed E-state index contributed by atoms with van der Waals surface area (Å²) in [6.45, 7) is 4.36. The van der Waals surface area contributed by atoms with Crippen molar-refractivity contribution in [3.63, 3.8) is 0 Å². The van der Waals surface area contributed by atoms with E-state index in [-0.39, 0.29) is 6.10 Å². The predicted molar refractivity (Wildman–Crippen MR) is 69.1 cm³/mol. The van der Waals surface area contributed by atoms with E-state index in [1.165, 1.54) is 12.8 Å². The predicted octanol–water partition coefficient (Wildman–Crippen LogP) is 3.70. The smallest absolute Gasteiger partial charge is 0.119 e. The Morgan fingerprint density at radius 2 is 1.82 bits per heavy atom. The number of rotatable bonds is 6. The minimum Gasteiger partial charge on any atom is -0.490 e. The van der Waals surface area contributed by atoms with Crippen LogP contribution in [0.4, 0.5) is 0 Å². The van der Waals surface area contributed by atoms with Gasteiger partial charge in [-0.1, -0.05) is 26.0 Å². The van der Waals surface area contributed by atoms with Crippen molar-refractivity contribution < 1.29 is 9.84 Å². The first-order valence-electron chi connectivity index (χ1n) is 6.60. The molecule has 17 heavy (non-hydrogen) atoms. The van der Waals surface area contributed by atoms with Crippen LogP contribution < -0.4 is 4.74 Å². The molecule has 1 aromatic carbocycles. The maximum atomic E-state index is 10.0. The van der Waals surface area contributed by atoms with Gasteiger partial charge in [0.15, 0.2) is 0 Å². The Balaban J connectivity index is 1.87. The van der Waals surface area contributed by atoms with Crippen LogP contribution in [0.1, 0.15) is 51.2 Å². The van der Waals surface area contributed by atoms with Crippen molar-refractivity contribution in [3.05, 3.63) is 29.8 Å². The molecule has 0 bridgehead atoms. The Labute approximate surface area is 104 Å². The molecule has 0 heterocycles. The average Bonchev–Trinajstić information content (AvgIpc) is 3.11. The highest BCUT2D eigenvalue weighted by molar-refractivity contribution is 5.29. The minimum atomic E-state index is -0.340. The molecular formula is C15H22O2. The Morgan fingerprint density at radius 1 is 1.18 bits per heavy atom. The summed E-state index contributed by atoms with van der Waals surface area (Å²) < 4.78 is 5.68. The molecule has 0 aromatic heterocycles. The topological polar surface area (TPSA) is 29.5 Å². The van der Waals surface area contributed by atoms with Gasteiger partial charge in [-0.3, -0.25) is 0 Å². The summed E-state index contributed by atoms with van der Waals surface area (Å²) >= 11 is 0. The van der Waals surface area contributed by atoms with Gasteiger partial charge in [-0.25, -0.2) is 0 Å². The molecule has 1 N–H and O–H groups in total. The van der Waals surface area contributed by atoms with Gasteiger partial charge in [0.2, 0.25) is 0 Å². The molecule has 0 aliphatic heterocycles. The summed E-state index contributed by atoms with van der Waals surface area (Å²) in [5, 5.41) is 10.0. The third kappa shape index (κ3) is 4.04. The van der Waals surface area contributed by atoms with Crippen LogP contribution in [0.5, 0.6) is 5.75 Å². The van der Waals surface area contributed by atoms with Crippen LogP contribution in [-0.2, 0) is 0 Å². The molecule has 2 rings (SSSR count). The van der Waals surface area contributed by atoms with E-state index in [0.29, 0.717) is 12.0 Å². The second-order valence-corrected chi connectivity index (χ2v) is 5.37. The van der Waals surface area contributed by atoms with E-state index in [1.807, 2.05) is 24.3 Å². The maximum Gasteiger partial charge on any atom is 0.119 e. The fraction of sp³-hybridized carbons (Fsp3) is 0.600. The molecule has 1 fully saturated rings. The van der Waals surface area contributed by atoms with E-state index < -0.39 is 0 Å². The van der Waals surface area contributed by atoms with Crippen LogP contribution in [0, 0.1) is 5.92 Å². The van der Waals surface area contributed by atoms with E-state index in [2.05, 4.69) is 13.8 Å². The Kier molecular flexibility index (Phi) is 4.06. The number of hydrogen-bond acceptors (Lipinski definition) is 2. The van der Waals surface area contributed by atoms with Crippen LogP contribution in [-0.4, -0.2) is 11.2 Å². The quantitative estimate of drug-likeness (QED) is 0.813. The van der Waals surface area contributed by atoms with Gasteiger partial charge in [-0.2, -0.15) is 0 Å². The first-order valence-corrected chi connectivity index (χ1v) is 6.60. The molecule has 0 spiro atoms. The minimum absolute atomic E-state index is 0.340. The molecule has 1 atom stereocenters. The second kappa shape index (κ2) is 5.54. The maximum absolute atomic E-state index is 10.0. The summed E-state index contributed by atoms with van der Waals surface area (Å²) in [5.41, 5.74) is 0.994. The van der Waals surface area contributed by atoms with E-state index in [1.54, 1.807) is 0 Å². The van der Waals surface area contributed by atoms with Gasteiger partial charge in [-0.15, -0.1) is 0 Å². The highest BCUT2D eigenvalue weighted by Gasteiger charge is 2.23. The van der Waals surface area contributed by atoms with Crippen LogP contribution in [0.2, 0.25) is 0 Å². The largest absolute Gasteiger partial charge is 0.490 e. The van der Waals surface area contributed by atoms with Crippen molar-refractivity contribution in [3.8, 4) is 5.75 Å². The van der Waals surface area contributed by atoms with Crippen molar-refractivity contribution in [2.24, 2.45) is 5.92 Å². The van der Waals surface area contributed by atoms with Crippen LogP contribution >= 0.6 is 0 Å². The zero-order valence-electron chi connectivity index (χ0n) is 10.7. The van der Waals surface area contributed by atoms with Gasteiger partial charge in [0, 0.05) is 0 Å². The summed E-state index contributed by atoms with van der Waals surface area (Å²) in [6.07, 6.45) is 4.35. The zero-order chi connectivity index (χ0) is 12.3. The molecule has 94 valence electrons. The third-order valence-corrected chi connectivity index (χ3v) is 3.11. The zero-order valence-corrected chi connectivity index (χ0v) is 10.7. The number of aliphatic hydroxyl groups is 1. The third-order valence-electron chi connectivity index (χ3n) is 3.11. The van der Waals surface area contributed by atoms with Crippen molar-refractivity contribution in [1.82, 2.24) is 0 Å². The molecule has 1 aliphatic rings. The molecule has 1 saturated carbocycles. The van der Waals surface area contributed by atoms with E-state index in [4.69, 9.17) is 4.74 Å². The van der Waals surface area contributed by atoms with Crippen LogP contribution in [0.15, 0.2) is 24.3 Å². The molecule has 1 aromatic rings.